The fourth-order valence-corrected chi connectivity index (χ4v) is 0.834. The smallest absolute Gasteiger partial charge is 0.371 e. The maximum atomic E-state index is 10.5. The number of carbonyl (C=O) groups is 1. The third-order valence-electron chi connectivity index (χ3n) is 2.02. The number of furan rings is 1. The Morgan fingerprint density at radius 1 is 1.57 bits per heavy atom. The molecule has 14 heavy (non-hydrogen) atoms. The van der Waals surface area contributed by atoms with E-state index >= 15 is 0 Å². The summed E-state index contributed by atoms with van der Waals surface area (Å²) in [6.45, 7) is 5.81. The van der Waals surface area contributed by atoms with Gasteiger partial charge in [0, 0.05) is 6.07 Å². The Labute approximate surface area is 82.5 Å². The van der Waals surface area contributed by atoms with E-state index in [1.165, 1.54) is 12.1 Å². The molecule has 1 N–H and O–H groups in total. The molecule has 0 saturated heterocycles. The quantitative estimate of drug-likeness (QED) is 0.807. The van der Waals surface area contributed by atoms with Crippen LogP contribution in [0.4, 0.5) is 0 Å². The van der Waals surface area contributed by atoms with Crippen molar-refractivity contribution >= 4 is 5.97 Å². The molecule has 0 fully saturated rings. The van der Waals surface area contributed by atoms with Crippen molar-refractivity contribution in [2.24, 2.45) is 0 Å². The van der Waals surface area contributed by atoms with E-state index in [0.717, 1.165) is 6.42 Å². The number of carboxylic acids is 1. The molecular weight excluding hydrogens is 184 g/mol. The van der Waals surface area contributed by atoms with Crippen molar-refractivity contribution in [3.05, 3.63) is 17.9 Å². The highest BCUT2D eigenvalue weighted by atomic mass is 16.6. The molecule has 0 amide bonds. The van der Waals surface area contributed by atoms with Crippen LogP contribution in [0.1, 0.15) is 37.7 Å². The summed E-state index contributed by atoms with van der Waals surface area (Å²) in [5.41, 5.74) is -0.340. The lowest BCUT2D eigenvalue weighted by atomic mass is 10.1. The largest absolute Gasteiger partial charge is 0.475 e. The minimum absolute atomic E-state index is 0.105. The van der Waals surface area contributed by atoms with Gasteiger partial charge in [-0.05, 0) is 26.3 Å². The zero-order valence-corrected chi connectivity index (χ0v) is 8.53. The van der Waals surface area contributed by atoms with Gasteiger partial charge < -0.3 is 14.3 Å². The predicted octanol–water partition coefficient (Wildman–Crippen LogP) is 2.55. The molecule has 1 heterocycles. The maximum absolute atomic E-state index is 10.5. The minimum atomic E-state index is -1.09. The van der Waals surface area contributed by atoms with E-state index in [1.54, 1.807) is 0 Å². The van der Waals surface area contributed by atoms with Gasteiger partial charge in [-0.3, -0.25) is 0 Å². The maximum Gasteiger partial charge on any atom is 0.371 e. The molecule has 4 nitrogen and oxygen atoms in total. The van der Waals surface area contributed by atoms with Gasteiger partial charge in [0.2, 0.25) is 5.76 Å². The van der Waals surface area contributed by atoms with Crippen molar-refractivity contribution in [1.82, 2.24) is 0 Å². The van der Waals surface area contributed by atoms with Gasteiger partial charge in [0.1, 0.15) is 5.60 Å². The van der Waals surface area contributed by atoms with Crippen LogP contribution >= 0.6 is 0 Å². The first-order chi connectivity index (χ1) is 6.44. The Hall–Kier alpha value is -1.45. The summed E-state index contributed by atoms with van der Waals surface area (Å²) in [5.74, 6) is -0.949. The Morgan fingerprint density at radius 2 is 2.21 bits per heavy atom. The summed E-state index contributed by atoms with van der Waals surface area (Å²) in [6.07, 6.45) is 0.816. The first-order valence-electron chi connectivity index (χ1n) is 4.47. The Kier molecular flexibility index (Phi) is 2.84. The van der Waals surface area contributed by atoms with Gasteiger partial charge in [-0.25, -0.2) is 4.79 Å². The second kappa shape index (κ2) is 3.74. The van der Waals surface area contributed by atoms with Crippen LogP contribution in [-0.4, -0.2) is 16.7 Å². The highest BCUT2D eigenvalue weighted by Crippen LogP contribution is 2.23. The van der Waals surface area contributed by atoms with Gasteiger partial charge in [0.05, 0.1) is 0 Å². The molecule has 0 bridgehead atoms. The summed E-state index contributed by atoms with van der Waals surface area (Å²) in [4.78, 5) is 10.5. The summed E-state index contributed by atoms with van der Waals surface area (Å²) < 4.78 is 10.4. The summed E-state index contributed by atoms with van der Waals surface area (Å²) >= 11 is 0. The van der Waals surface area contributed by atoms with Gasteiger partial charge in [0.15, 0.2) is 0 Å². The van der Waals surface area contributed by atoms with Crippen LogP contribution in [0.25, 0.3) is 0 Å². The number of aromatic carboxylic acids is 1. The molecule has 4 heteroatoms. The van der Waals surface area contributed by atoms with E-state index in [-0.39, 0.29) is 17.3 Å². The molecule has 0 aromatic carbocycles. The topological polar surface area (TPSA) is 59.7 Å². The van der Waals surface area contributed by atoms with E-state index in [2.05, 4.69) is 0 Å². The first kappa shape index (κ1) is 10.6. The van der Waals surface area contributed by atoms with Crippen LogP contribution in [0.2, 0.25) is 0 Å². The predicted molar refractivity (Wildman–Crippen MR) is 50.7 cm³/mol. The number of carboxylic acid groups (broad SMARTS) is 1. The monoisotopic (exact) mass is 198 g/mol. The minimum Gasteiger partial charge on any atom is -0.475 e. The fraction of sp³-hybridized carbons (Fsp3) is 0.500. The van der Waals surface area contributed by atoms with Gasteiger partial charge in [-0.15, -0.1) is 0 Å². The Balaban J connectivity index is 2.73. The van der Waals surface area contributed by atoms with Crippen molar-refractivity contribution in [3.63, 3.8) is 0 Å². The van der Waals surface area contributed by atoms with Crippen LogP contribution in [0.3, 0.4) is 0 Å². The van der Waals surface area contributed by atoms with Gasteiger partial charge >= 0.3 is 5.97 Å². The molecule has 1 aromatic heterocycles. The molecule has 0 atom stereocenters. The molecular formula is C10H14O4. The Bertz CT molecular complexity index is 325. The summed E-state index contributed by atoms with van der Waals surface area (Å²) in [6, 6.07) is 2.89. The van der Waals surface area contributed by atoms with Crippen LogP contribution in [0.15, 0.2) is 16.5 Å². The van der Waals surface area contributed by atoms with Gasteiger partial charge in [-0.2, -0.15) is 0 Å². The van der Waals surface area contributed by atoms with Crippen molar-refractivity contribution in [3.8, 4) is 5.95 Å². The molecule has 1 rings (SSSR count). The highest BCUT2D eigenvalue weighted by molar-refractivity contribution is 5.84. The van der Waals surface area contributed by atoms with Crippen molar-refractivity contribution in [1.29, 1.82) is 0 Å². The summed E-state index contributed by atoms with van der Waals surface area (Å²) in [7, 11) is 0. The second-order valence-corrected chi connectivity index (χ2v) is 3.64. The van der Waals surface area contributed by atoms with Crippen LogP contribution in [0, 0.1) is 0 Å². The van der Waals surface area contributed by atoms with Crippen molar-refractivity contribution < 1.29 is 19.1 Å². The zero-order chi connectivity index (χ0) is 10.8. The number of rotatable bonds is 4. The van der Waals surface area contributed by atoms with E-state index < -0.39 is 5.97 Å². The van der Waals surface area contributed by atoms with Crippen molar-refractivity contribution in [2.75, 3.05) is 0 Å². The highest BCUT2D eigenvalue weighted by Gasteiger charge is 2.19. The summed E-state index contributed by atoms with van der Waals surface area (Å²) in [5, 5.41) is 8.60. The number of ether oxygens (including phenoxy) is 1. The lowest BCUT2D eigenvalue weighted by Crippen LogP contribution is -2.26. The molecule has 0 spiro atoms. The van der Waals surface area contributed by atoms with E-state index in [9.17, 15) is 4.79 Å². The third-order valence-corrected chi connectivity index (χ3v) is 2.02. The van der Waals surface area contributed by atoms with Crippen LogP contribution < -0.4 is 4.74 Å². The molecule has 0 aliphatic rings. The average Bonchev–Trinajstić information content (AvgIpc) is 2.52. The van der Waals surface area contributed by atoms with Gasteiger partial charge in [-0.1, -0.05) is 6.92 Å². The first-order valence-corrected chi connectivity index (χ1v) is 4.47. The SMILES string of the molecule is CCC(C)(C)Oc1ccc(C(=O)O)o1. The Morgan fingerprint density at radius 3 is 2.64 bits per heavy atom. The molecule has 0 aliphatic carbocycles. The van der Waals surface area contributed by atoms with E-state index in [0.29, 0.717) is 0 Å². The second-order valence-electron chi connectivity index (χ2n) is 3.64. The molecule has 78 valence electrons. The lowest BCUT2D eigenvalue weighted by Gasteiger charge is -2.22. The molecule has 0 unspecified atom stereocenters. The van der Waals surface area contributed by atoms with E-state index in [4.69, 9.17) is 14.3 Å². The normalized spacial score (nSPS) is 11.4. The third kappa shape index (κ3) is 2.52. The van der Waals surface area contributed by atoms with Crippen LogP contribution in [0.5, 0.6) is 5.95 Å². The molecule has 0 saturated carbocycles. The average molecular weight is 198 g/mol. The van der Waals surface area contributed by atoms with Gasteiger partial charge in [0.25, 0.3) is 5.95 Å². The van der Waals surface area contributed by atoms with Crippen molar-refractivity contribution in [2.45, 2.75) is 32.8 Å². The molecule has 1 aromatic rings. The molecule has 0 radical (unpaired) electrons. The number of hydrogen-bond donors (Lipinski definition) is 1. The molecule has 0 aliphatic heterocycles. The lowest BCUT2D eigenvalue weighted by molar-refractivity contribution is 0.0572. The standard InChI is InChI=1S/C10H14O4/c1-4-10(2,3)14-8-6-5-7(13-8)9(11)12/h5-6H,4H2,1-3H3,(H,11,12). The fourth-order valence-electron chi connectivity index (χ4n) is 0.834. The van der Waals surface area contributed by atoms with Crippen LogP contribution in [-0.2, 0) is 0 Å². The van der Waals surface area contributed by atoms with E-state index in [1.807, 2.05) is 20.8 Å². The zero-order valence-electron chi connectivity index (χ0n) is 8.53. The number of hydrogen-bond acceptors (Lipinski definition) is 3.